The van der Waals surface area contributed by atoms with Crippen molar-refractivity contribution in [2.45, 2.75) is 13.8 Å². The van der Waals surface area contributed by atoms with Gasteiger partial charge in [0.1, 0.15) is 6.61 Å². The summed E-state index contributed by atoms with van der Waals surface area (Å²) in [5, 5.41) is 3.26. The number of benzene rings is 1. The van der Waals surface area contributed by atoms with Crippen molar-refractivity contribution >= 4 is 23.2 Å². The third-order valence-electron chi connectivity index (χ3n) is 1.97. The lowest BCUT2D eigenvalue weighted by molar-refractivity contribution is -0.119. The van der Waals surface area contributed by atoms with Gasteiger partial charge in [-0.3, -0.25) is 4.79 Å². The fourth-order valence-corrected chi connectivity index (χ4v) is 1.75. The SMILES string of the molecule is COCC(=O)Nc1c(C)cc(C)cc1Cl. The first-order valence-corrected chi connectivity index (χ1v) is 4.98. The van der Waals surface area contributed by atoms with E-state index in [2.05, 4.69) is 5.32 Å². The number of carbonyl (C=O) groups excluding carboxylic acids is 1. The summed E-state index contributed by atoms with van der Waals surface area (Å²) >= 11 is 6.02. The number of anilines is 1. The molecule has 0 radical (unpaired) electrons. The van der Waals surface area contributed by atoms with Crippen molar-refractivity contribution < 1.29 is 9.53 Å². The van der Waals surface area contributed by atoms with E-state index < -0.39 is 0 Å². The van der Waals surface area contributed by atoms with Crippen LogP contribution in [0, 0.1) is 13.8 Å². The topological polar surface area (TPSA) is 38.3 Å². The first-order valence-electron chi connectivity index (χ1n) is 4.60. The second-order valence-corrected chi connectivity index (χ2v) is 3.83. The first kappa shape index (κ1) is 12.0. The minimum Gasteiger partial charge on any atom is -0.375 e. The predicted molar refractivity (Wildman–Crippen MR) is 61.4 cm³/mol. The molecule has 0 spiro atoms. The van der Waals surface area contributed by atoms with Gasteiger partial charge in [-0.25, -0.2) is 0 Å². The molecule has 0 unspecified atom stereocenters. The molecule has 1 amide bonds. The maximum atomic E-state index is 11.3. The number of ether oxygens (including phenoxy) is 1. The highest BCUT2D eigenvalue weighted by Gasteiger charge is 2.08. The van der Waals surface area contributed by atoms with Crippen LogP contribution in [-0.4, -0.2) is 19.6 Å². The van der Waals surface area contributed by atoms with E-state index in [-0.39, 0.29) is 12.5 Å². The minimum absolute atomic E-state index is 0.0314. The Hall–Kier alpha value is -1.06. The molecule has 0 aromatic heterocycles. The van der Waals surface area contributed by atoms with Gasteiger partial charge in [0.05, 0.1) is 10.7 Å². The molecule has 0 saturated carbocycles. The minimum atomic E-state index is -0.202. The molecule has 3 nitrogen and oxygen atoms in total. The molecule has 1 N–H and O–H groups in total. The molecule has 0 fully saturated rings. The van der Waals surface area contributed by atoms with E-state index in [0.717, 1.165) is 11.1 Å². The molecule has 0 atom stereocenters. The standard InChI is InChI=1S/C11H14ClNO2/c1-7-4-8(2)11(9(12)5-7)13-10(14)6-15-3/h4-5H,6H2,1-3H3,(H,13,14). The van der Waals surface area contributed by atoms with Gasteiger partial charge >= 0.3 is 0 Å². The van der Waals surface area contributed by atoms with Crippen molar-refractivity contribution in [1.82, 2.24) is 0 Å². The Kier molecular flexibility index (Phi) is 4.12. The Bertz CT molecular complexity index is 354. The van der Waals surface area contributed by atoms with Gasteiger partial charge in [-0.1, -0.05) is 17.7 Å². The van der Waals surface area contributed by atoms with E-state index in [1.807, 2.05) is 26.0 Å². The lowest BCUT2D eigenvalue weighted by Gasteiger charge is -2.10. The van der Waals surface area contributed by atoms with E-state index in [4.69, 9.17) is 16.3 Å². The molecule has 1 aromatic rings. The highest BCUT2D eigenvalue weighted by atomic mass is 35.5. The monoisotopic (exact) mass is 227 g/mol. The summed E-state index contributed by atoms with van der Waals surface area (Å²) in [5.74, 6) is -0.202. The van der Waals surface area contributed by atoms with Crippen molar-refractivity contribution in [3.63, 3.8) is 0 Å². The average Bonchev–Trinajstić information content (AvgIpc) is 2.11. The molecule has 0 aliphatic carbocycles. The van der Waals surface area contributed by atoms with Crippen LogP contribution in [0.4, 0.5) is 5.69 Å². The van der Waals surface area contributed by atoms with E-state index in [0.29, 0.717) is 10.7 Å². The number of amides is 1. The number of halogens is 1. The van der Waals surface area contributed by atoms with Crippen LogP contribution in [-0.2, 0) is 9.53 Å². The fraction of sp³-hybridized carbons (Fsp3) is 0.364. The molecule has 15 heavy (non-hydrogen) atoms. The Labute approximate surface area is 94.4 Å². The van der Waals surface area contributed by atoms with Gasteiger partial charge < -0.3 is 10.1 Å². The maximum absolute atomic E-state index is 11.3. The van der Waals surface area contributed by atoms with E-state index in [9.17, 15) is 4.79 Å². The third kappa shape index (κ3) is 3.22. The van der Waals surface area contributed by atoms with Crippen molar-refractivity contribution in [3.8, 4) is 0 Å². The quantitative estimate of drug-likeness (QED) is 0.862. The summed E-state index contributed by atoms with van der Waals surface area (Å²) in [5.41, 5.74) is 2.68. The summed E-state index contributed by atoms with van der Waals surface area (Å²) < 4.78 is 4.72. The Balaban J connectivity index is 2.90. The van der Waals surface area contributed by atoms with Gasteiger partial charge in [0.25, 0.3) is 0 Å². The number of hydrogen-bond acceptors (Lipinski definition) is 2. The highest BCUT2D eigenvalue weighted by molar-refractivity contribution is 6.34. The van der Waals surface area contributed by atoms with E-state index >= 15 is 0 Å². The molecule has 1 aromatic carbocycles. The zero-order chi connectivity index (χ0) is 11.4. The van der Waals surface area contributed by atoms with Crippen LogP contribution in [0.15, 0.2) is 12.1 Å². The summed E-state index contributed by atoms with van der Waals surface area (Å²) in [6, 6.07) is 3.78. The second-order valence-electron chi connectivity index (χ2n) is 3.42. The van der Waals surface area contributed by atoms with Crippen molar-refractivity contribution in [3.05, 3.63) is 28.3 Å². The van der Waals surface area contributed by atoms with E-state index in [1.54, 1.807) is 0 Å². The van der Waals surface area contributed by atoms with Gasteiger partial charge in [-0.2, -0.15) is 0 Å². The number of hydrogen-bond donors (Lipinski definition) is 1. The number of nitrogens with one attached hydrogen (secondary N) is 1. The van der Waals surface area contributed by atoms with Crippen LogP contribution in [0.2, 0.25) is 5.02 Å². The van der Waals surface area contributed by atoms with Crippen LogP contribution < -0.4 is 5.32 Å². The zero-order valence-corrected chi connectivity index (χ0v) is 9.81. The highest BCUT2D eigenvalue weighted by Crippen LogP contribution is 2.27. The molecule has 4 heteroatoms. The van der Waals surface area contributed by atoms with Gasteiger partial charge in [-0.15, -0.1) is 0 Å². The van der Waals surface area contributed by atoms with Crippen molar-refractivity contribution in [2.75, 3.05) is 19.0 Å². The molecular formula is C11H14ClNO2. The first-order chi connectivity index (χ1) is 7.04. The second kappa shape index (κ2) is 5.14. The molecule has 0 aliphatic heterocycles. The Morgan fingerprint density at radius 2 is 2.13 bits per heavy atom. The summed E-state index contributed by atoms with van der Waals surface area (Å²) in [4.78, 5) is 11.3. The molecule has 0 aliphatic rings. The van der Waals surface area contributed by atoms with Crippen LogP contribution >= 0.6 is 11.6 Å². The summed E-state index contributed by atoms with van der Waals surface area (Å²) in [6.45, 7) is 3.89. The number of carbonyl (C=O) groups is 1. The van der Waals surface area contributed by atoms with Gasteiger partial charge in [0.2, 0.25) is 5.91 Å². The van der Waals surface area contributed by atoms with Crippen LogP contribution in [0.3, 0.4) is 0 Å². The summed E-state index contributed by atoms with van der Waals surface area (Å²) in [6.07, 6.45) is 0. The lowest BCUT2D eigenvalue weighted by atomic mass is 10.1. The lowest BCUT2D eigenvalue weighted by Crippen LogP contribution is -2.18. The summed E-state index contributed by atoms with van der Waals surface area (Å²) in [7, 11) is 1.48. The number of methoxy groups -OCH3 is 1. The fourth-order valence-electron chi connectivity index (χ4n) is 1.38. The molecule has 0 saturated heterocycles. The Morgan fingerprint density at radius 3 is 2.67 bits per heavy atom. The Morgan fingerprint density at radius 1 is 1.47 bits per heavy atom. The molecular weight excluding hydrogens is 214 g/mol. The maximum Gasteiger partial charge on any atom is 0.250 e. The average molecular weight is 228 g/mol. The molecule has 82 valence electrons. The molecule has 0 heterocycles. The normalized spacial score (nSPS) is 10.1. The van der Waals surface area contributed by atoms with Gasteiger partial charge in [-0.05, 0) is 31.0 Å². The predicted octanol–water partition coefficient (Wildman–Crippen LogP) is 2.54. The van der Waals surface area contributed by atoms with Crippen molar-refractivity contribution in [2.24, 2.45) is 0 Å². The van der Waals surface area contributed by atoms with Crippen LogP contribution in [0.1, 0.15) is 11.1 Å². The molecule has 0 bridgehead atoms. The van der Waals surface area contributed by atoms with Crippen LogP contribution in [0.25, 0.3) is 0 Å². The van der Waals surface area contributed by atoms with Gasteiger partial charge in [0.15, 0.2) is 0 Å². The van der Waals surface area contributed by atoms with Gasteiger partial charge in [0, 0.05) is 7.11 Å². The molecule has 1 rings (SSSR count). The number of rotatable bonds is 3. The third-order valence-corrected chi connectivity index (χ3v) is 2.27. The van der Waals surface area contributed by atoms with Crippen LogP contribution in [0.5, 0.6) is 0 Å². The zero-order valence-electron chi connectivity index (χ0n) is 9.06. The largest absolute Gasteiger partial charge is 0.375 e. The number of aryl methyl sites for hydroxylation is 2. The van der Waals surface area contributed by atoms with E-state index in [1.165, 1.54) is 7.11 Å². The van der Waals surface area contributed by atoms with Crippen molar-refractivity contribution in [1.29, 1.82) is 0 Å². The smallest absolute Gasteiger partial charge is 0.250 e.